The lowest BCUT2D eigenvalue weighted by molar-refractivity contribution is 0.186. The van der Waals surface area contributed by atoms with E-state index in [0.717, 1.165) is 18.8 Å². The van der Waals surface area contributed by atoms with Crippen LogP contribution in [0.1, 0.15) is 12.8 Å². The largest absolute Gasteiger partial charge is 0.383 e. The first-order chi connectivity index (χ1) is 8.79. The minimum atomic E-state index is 0.0107. The molecule has 5 nitrogen and oxygen atoms in total. The maximum Gasteiger partial charge on any atom is 0.250 e. The highest BCUT2D eigenvalue weighted by molar-refractivity contribution is 5.40. The Bertz CT molecular complexity index is 424. The van der Waals surface area contributed by atoms with Crippen molar-refractivity contribution in [3.05, 3.63) is 28.7 Å². The average molecular weight is 251 g/mol. The Morgan fingerprint density at radius 3 is 3.17 bits per heavy atom. The van der Waals surface area contributed by atoms with Crippen molar-refractivity contribution < 1.29 is 4.74 Å². The first kappa shape index (κ1) is 13.1. The van der Waals surface area contributed by atoms with Gasteiger partial charge in [0.15, 0.2) is 0 Å². The van der Waals surface area contributed by atoms with Crippen LogP contribution in [0.15, 0.2) is 23.1 Å². The van der Waals surface area contributed by atoms with E-state index in [1.54, 1.807) is 17.7 Å². The summed E-state index contributed by atoms with van der Waals surface area (Å²) in [4.78, 5) is 11.6. The fraction of sp³-hybridized carbons (Fsp3) is 0.615. The van der Waals surface area contributed by atoms with Gasteiger partial charge in [-0.25, -0.2) is 0 Å². The summed E-state index contributed by atoms with van der Waals surface area (Å²) in [5.41, 5.74) is 0.996. The highest BCUT2D eigenvalue weighted by Gasteiger charge is 2.13. The summed E-state index contributed by atoms with van der Waals surface area (Å²) in [7, 11) is 1.64. The van der Waals surface area contributed by atoms with Crippen LogP contribution < -0.4 is 16.2 Å². The van der Waals surface area contributed by atoms with Crippen LogP contribution in [0.4, 0.5) is 5.69 Å². The van der Waals surface area contributed by atoms with Crippen LogP contribution in [0.2, 0.25) is 0 Å². The summed E-state index contributed by atoms with van der Waals surface area (Å²) in [5.74, 6) is 0. The fourth-order valence-corrected chi connectivity index (χ4v) is 2.17. The van der Waals surface area contributed by atoms with Crippen molar-refractivity contribution in [1.29, 1.82) is 0 Å². The van der Waals surface area contributed by atoms with E-state index in [4.69, 9.17) is 4.74 Å². The molecule has 1 aliphatic rings. The number of anilines is 1. The number of ether oxygens (including phenoxy) is 1. The number of aromatic nitrogens is 1. The summed E-state index contributed by atoms with van der Waals surface area (Å²) >= 11 is 0. The van der Waals surface area contributed by atoms with Crippen molar-refractivity contribution in [3.8, 4) is 0 Å². The second kappa shape index (κ2) is 6.56. The summed E-state index contributed by atoms with van der Waals surface area (Å²) < 4.78 is 6.67. The van der Waals surface area contributed by atoms with E-state index in [2.05, 4.69) is 10.6 Å². The number of hydrogen-bond donors (Lipinski definition) is 2. The molecular formula is C13H21N3O2. The highest BCUT2D eigenvalue weighted by Crippen LogP contribution is 2.08. The van der Waals surface area contributed by atoms with Crippen molar-refractivity contribution in [1.82, 2.24) is 9.88 Å². The molecule has 2 rings (SSSR count). The summed E-state index contributed by atoms with van der Waals surface area (Å²) in [6.07, 6.45) is 4.33. The molecule has 1 atom stereocenters. The third kappa shape index (κ3) is 3.58. The van der Waals surface area contributed by atoms with Crippen LogP contribution >= 0.6 is 0 Å². The minimum absolute atomic E-state index is 0.0107. The predicted octanol–water partition coefficient (Wildman–Crippen LogP) is 0.659. The van der Waals surface area contributed by atoms with E-state index in [0.29, 0.717) is 19.2 Å². The number of hydrogen-bond acceptors (Lipinski definition) is 4. The van der Waals surface area contributed by atoms with E-state index >= 15 is 0 Å². The second-order valence-electron chi connectivity index (χ2n) is 4.62. The van der Waals surface area contributed by atoms with Gasteiger partial charge in [-0.2, -0.15) is 0 Å². The van der Waals surface area contributed by atoms with Gasteiger partial charge in [0.2, 0.25) is 0 Å². The fourth-order valence-electron chi connectivity index (χ4n) is 2.17. The molecule has 1 aromatic rings. The smallest absolute Gasteiger partial charge is 0.250 e. The first-order valence-electron chi connectivity index (χ1n) is 6.46. The topological polar surface area (TPSA) is 55.3 Å². The Balaban J connectivity index is 1.93. The van der Waals surface area contributed by atoms with Gasteiger partial charge in [-0.05, 0) is 25.5 Å². The summed E-state index contributed by atoms with van der Waals surface area (Å²) in [6, 6.07) is 3.98. The number of rotatable bonds is 6. The first-order valence-corrected chi connectivity index (χ1v) is 6.46. The lowest BCUT2D eigenvalue weighted by atomic mass is 10.2. The van der Waals surface area contributed by atoms with Crippen LogP contribution in [-0.2, 0) is 11.3 Å². The van der Waals surface area contributed by atoms with Gasteiger partial charge in [0.25, 0.3) is 5.56 Å². The molecular weight excluding hydrogens is 230 g/mol. The molecule has 1 unspecified atom stereocenters. The molecule has 2 heterocycles. The van der Waals surface area contributed by atoms with Crippen LogP contribution in [0.5, 0.6) is 0 Å². The number of pyridine rings is 1. The molecule has 1 fully saturated rings. The average Bonchev–Trinajstić information content (AvgIpc) is 2.89. The predicted molar refractivity (Wildman–Crippen MR) is 72.1 cm³/mol. The molecule has 1 aliphatic heterocycles. The standard InChI is InChI=1S/C13H21N3O2/c1-18-8-7-16-10-12(4-5-13(16)17)15-9-11-3-2-6-14-11/h4-5,10-11,14-15H,2-3,6-9H2,1H3. The Morgan fingerprint density at radius 1 is 1.56 bits per heavy atom. The zero-order chi connectivity index (χ0) is 12.8. The second-order valence-corrected chi connectivity index (χ2v) is 4.62. The molecule has 5 heteroatoms. The number of nitrogens with one attached hydrogen (secondary N) is 2. The minimum Gasteiger partial charge on any atom is -0.383 e. The van der Waals surface area contributed by atoms with Crippen LogP contribution in [0, 0.1) is 0 Å². The molecule has 2 N–H and O–H groups in total. The Morgan fingerprint density at radius 2 is 2.44 bits per heavy atom. The van der Waals surface area contributed by atoms with Gasteiger partial charge in [-0.15, -0.1) is 0 Å². The summed E-state index contributed by atoms with van der Waals surface area (Å²) in [6.45, 7) is 3.15. The van der Waals surface area contributed by atoms with Crippen LogP contribution in [-0.4, -0.2) is 37.4 Å². The van der Waals surface area contributed by atoms with Gasteiger partial charge in [0, 0.05) is 38.5 Å². The van der Waals surface area contributed by atoms with E-state index in [9.17, 15) is 4.79 Å². The van der Waals surface area contributed by atoms with Crippen LogP contribution in [0.3, 0.4) is 0 Å². The van der Waals surface area contributed by atoms with Gasteiger partial charge >= 0.3 is 0 Å². The maximum absolute atomic E-state index is 11.6. The van der Waals surface area contributed by atoms with Gasteiger partial charge < -0.3 is 19.9 Å². The molecule has 0 spiro atoms. The monoisotopic (exact) mass is 251 g/mol. The molecule has 0 saturated carbocycles. The molecule has 1 aromatic heterocycles. The molecule has 0 radical (unpaired) electrons. The summed E-state index contributed by atoms with van der Waals surface area (Å²) in [5, 5.41) is 6.80. The van der Waals surface area contributed by atoms with Crippen molar-refractivity contribution in [2.45, 2.75) is 25.4 Å². The Labute approximate surface area is 107 Å². The van der Waals surface area contributed by atoms with Gasteiger partial charge in [0.05, 0.1) is 12.3 Å². The van der Waals surface area contributed by atoms with Crippen molar-refractivity contribution in [2.75, 3.05) is 32.1 Å². The van der Waals surface area contributed by atoms with Gasteiger partial charge in [-0.1, -0.05) is 0 Å². The molecule has 0 bridgehead atoms. The van der Waals surface area contributed by atoms with Crippen molar-refractivity contribution >= 4 is 5.69 Å². The van der Waals surface area contributed by atoms with Gasteiger partial charge in [0.1, 0.15) is 0 Å². The van der Waals surface area contributed by atoms with Crippen LogP contribution in [0.25, 0.3) is 0 Å². The van der Waals surface area contributed by atoms with E-state index in [1.807, 2.05) is 12.3 Å². The molecule has 0 aliphatic carbocycles. The zero-order valence-corrected chi connectivity index (χ0v) is 10.8. The number of nitrogens with zero attached hydrogens (tertiary/aromatic N) is 1. The SMILES string of the molecule is COCCn1cc(NCC2CCCN2)ccc1=O. The van der Waals surface area contributed by atoms with Crippen molar-refractivity contribution in [3.63, 3.8) is 0 Å². The van der Waals surface area contributed by atoms with Crippen molar-refractivity contribution in [2.24, 2.45) is 0 Å². The highest BCUT2D eigenvalue weighted by atomic mass is 16.5. The number of methoxy groups -OCH3 is 1. The lowest BCUT2D eigenvalue weighted by Gasteiger charge is -2.14. The molecule has 1 saturated heterocycles. The molecule has 0 aromatic carbocycles. The van der Waals surface area contributed by atoms with E-state index < -0.39 is 0 Å². The maximum atomic E-state index is 11.6. The molecule has 18 heavy (non-hydrogen) atoms. The third-order valence-electron chi connectivity index (χ3n) is 3.23. The third-order valence-corrected chi connectivity index (χ3v) is 3.23. The quantitative estimate of drug-likeness (QED) is 0.780. The zero-order valence-electron chi connectivity index (χ0n) is 10.8. The lowest BCUT2D eigenvalue weighted by Crippen LogP contribution is -2.30. The Hall–Kier alpha value is -1.33. The van der Waals surface area contributed by atoms with E-state index in [-0.39, 0.29) is 5.56 Å². The normalized spacial score (nSPS) is 19.1. The van der Waals surface area contributed by atoms with Gasteiger partial charge in [-0.3, -0.25) is 4.79 Å². The molecule has 0 amide bonds. The molecule has 100 valence electrons. The Kier molecular flexibility index (Phi) is 4.78. The van der Waals surface area contributed by atoms with E-state index in [1.165, 1.54) is 12.8 Å².